The summed E-state index contributed by atoms with van der Waals surface area (Å²) < 4.78 is 5.48. The van der Waals surface area contributed by atoms with Crippen LogP contribution in [0.1, 0.15) is 25.1 Å². The highest BCUT2D eigenvalue weighted by molar-refractivity contribution is 5.44. The number of nitrogens with zero attached hydrogens (tertiary/aromatic N) is 2. The van der Waals surface area contributed by atoms with Crippen LogP contribution in [0.15, 0.2) is 12.1 Å². The van der Waals surface area contributed by atoms with Crippen LogP contribution in [0.4, 0.5) is 5.82 Å². The van der Waals surface area contributed by atoms with Gasteiger partial charge in [-0.15, -0.1) is 0 Å². The molecular weight excluding hydrogens is 226 g/mol. The molecule has 4 heteroatoms. The Labute approximate surface area is 109 Å². The second-order valence-corrected chi connectivity index (χ2v) is 4.87. The van der Waals surface area contributed by atoms with Crippen molar-refractivity contribution in [1.82, 2.24) is 10.3 Å². The van der Waals surface area contributed by atoms with Gasteiger partial charge in [-0.2, -0.15) is 0 Å². The SMILES string of the molecule is CCNCc1cc(C)nc(N2CCOCC2C)c1. The molecule has 1 N–H and O–H groups in total. The van der Waals surface area contributed by atoms with Crippen LogP contribution in [0.5, 0.6) is 0 Å². The summed E-state index contributed by atoms with van der Waals surface area (Å²) in [6.07, 6.45) is 0. The minimum atomic E-state index is 0.403. The maximum Gasteiger partial charge on any atom is 0.129 e. The molecule has 2 heterocycles. The number of anilines is 1. The molecule has 0 bridgehead atoms. The molecule has 4 nitrogen and oxygen atoms in total. The molecule has 1 aliphatic heterocycles. The first-order valence-electron chi connectivity index (χ1n) is 6.73. The second kappa shape index (κ2) is 6.16. The first-order valence-corrected chi connectivity index (χ1v) is 6.73. The van der Waals surface area contributed by atoms with Crippen molar-refractivity contribution in [2.45, 2.75) is 33.4 Å². The van der Waals surface area contributed by atoms with Crippen molar-refractivity contribution in [2.24, 2.45) is 0 Å². The highest BCUT2D eigenvalue weighted by Crippen LogP contribution is 2.19. The lowest BCUT2D eigenvalue weighted by Crippen LogP contribution is -2.44. The Bertz CT molecular complexity index is 395. The van der Waals surface area contributed by atoms with Crippen LogP contribution in [0.3, 0.4) is 0 Å². The molecule has 0 radical (unpaired) electrons. The van der Waals surface area contributed by atoms with Crippen molar-refractivity contribution in [3.05, 3.63) is 23.4 Å². The van der Waals surface area contributed by atoms with Gasteiger partial charge in [0, 0.05) is 18.8 Å². The van der Waals surface area contributed by atoms with Gasteiger partial charge in [0.25, 0.3) is 0 Å². The van der Waals surface area contributed by atoms with E-state index < -0.39 is 0 Å². The van der Waals surface area contributed by atoms with Gasteiger partial charge in [0.2, 0.25) is 0 Å². The summed E-state index contributed by atoms with van der Waals surface area (Å²) in [4.78, 5) is 7.00. The lowest BCUT2D eigenvalue weighted by molar-refractivity contribution is 0.0985. The van der Waals surface area contributed by atoms with E-state index in [2.05, 4.69) is 48.1 Å². The third kappa shape index (κ3) is 3.21. The minimum Gasteiger partial charge on any atom is -0.377 e. The molecule has 0 aliphatic carbocycles. The molecule has 1 aromatic rings. The molecule has 0 spiro atoms. The summed E-state index contributed by atoms with van der Waals surface area (Å²) in [6, 6.07) is 4.74. The second-order valence-electron chi connectivity index (χ2n) is 4.87. The van der Waals surface area contributed by atoms with E-state index in [0.29, 0.717) is 6.04 Å². The highest BCUT2D eigenvalue weighted by Gasteiger charge is 2.20. The van der Waals surface area contributed by atoms with Crippen molar-refractivity contribution in [2.75, 3.05) is 31.2 Å². The smallest absolute Gasteiger partial charge is 0.129 e. The maximum absolute atomic E-state index is 5.48. The highest BCUT2D eigenvalue weighted by atomic mass is 16.5. The normalized spacial score (nSPS) is 20.2. The van der Waals surface area contributed by atoms with Gasteiger partial charge in [-0.05, 0) is 38.1 Å². The van der Waals surface area contributed by atoms with Gasteiger partial charge in [0.15, 0.2) is 0 Å². The summed E-state index contributed by atoms with van der Waals surface area (Å²) in [5.41, 5.74) is 2.39. The fourth-order valence-electron chi connectivity index (χ4n) is 2.31. The molecule has 2 rings (SSSR count). The monoisotopic (exact) mass is 249 g/mol. The molecule has 100 valence electrons. The molecule has 1 unspecified atom stereocenters. The van der Waals surface area contributed by atoms with E-state index in [4.69, 9.17) is 4.74 Å². The average Bonchev–Trinajstić information content (AvgIpc) is 2.36. The third-order valence-electron chi connectivity index (χ3n) is 3.24. The first kappa shape index (κ1) is 13.3. The zero-order chi connectivity index (χ0) is 13.0. The molecule has 0 aromatic carbocycles. The van der Waals surface area contributed by atoms with Gasteiger partial charge >= 0.3 is 0 Å². The Morgan fingerprint density at radius 1 is 1.50 bits per heavy atom. The fraction of sp³-hybridized carbons (Fsp3) is 0.643. The number of nitrogens with one attached hydrogen (secondary N) is 1. The molecule has 1 aliphatic rings. The minimum absolute atomic E-state index is 0.403. The zero-order valence-electron chi connectivity index (χ0n) is 11.6. The number of hydrogen-bond donors (Lipinski definition) is 1. The molecule has 0 saturated carbocycles. The number of morpholine rings is 1. The van der Waals surface area contributed by atoms with Crippen LogP contribution in [-0.2, 0) is 11.3 Å². The van der Waals surface area contributed by atoms with E-state index in [0.717, 1.165) is 44.4 Å². The summed E-state index contributed by atoms with van der Waals surface area (Å²) in [6.45, 7) is 10.8. The van der Waals surface area contributed by atoms with Gasteiger partial charge < -0.3 is 15.0 Å². The Morgan fingerprint density at radius 3 is 3.06 bits per heavy atom. The van der Waals surface area contributed by atoms with Crippen molar-refractivity contribution < 1.29 is 4.74 Å². The van der Waals surface area contributed by atoms with Crippen LogP contribution < -0.4 is 10.2 Å². The molecule has 0 amide bonds. The predicted octanol–water partition coefficient (Wildman–Crippen LogP) is 1.72. The van der Waals surface area contributed by atoms with E-state index in [-0.39, 0.29) is 0 Å². The standard InChI is InChI=1S/C14H23N3O/c1-4-15-9-13-7-11(2)16-14(8-13)17-5-6-18-10-12(17)3/h7-8,12,15H,4-6,9-10H2,1-3H3. The van der Waals surface area contributed by atoms with E-state index in [1.807, 2.05) is 0 Å². The van der Waals surface area contributed by atoms with Crippen molar-refractivity contribution in [1.29, 1.82) is 0 Å². The van der Waals surface area contributed by atoms with Gasteiger partial charge in [0.05, 0.1) is 19.3 Å². The van der Waals surface area contributed by atoms with Crippen LogP contribution in [-0.4, -0.2) is 37.3 Å². The zero-order valence-corrected chi connectivity index (χ0v) is 11.6. The summed E-state index contributed by atoms with van der Waals surface area (Å²) in [5, 5.41) is 3.36. The quantitative estimate of drug-likeness (QED) is 0.882. The Hall–Kier alpha value is -1.13. The third-order valence-corrected chi connectivity index (χ3v) is 3.24. The average molecular weight is 249 g/mol. The van der Waals surface area contributed by atoms with E-state index >= 15 is 0 Å². The van der Waals surface area contributed by atoms with Crippen molar-refractivity contribution >= 4 is 5.82 Å². The van der Waals surface area contributed by atoms with Crippen molar-refractivity contribution in [3.8, 4) is 0 Å². The largest absolute Gasteiger partial charge is 0.377 e. The predicted molar refractivity (Wildman–Crippen MR) is 74.0 cm³/mol. The summed E-state index contributed by atoms with van der Waals surface area (Å²) in [7, 11) is 0. The molecule has 1 fully saturated rings. The number of ether oxygens (including phenoxy) is 1. The number of hydrogen-bond acceptors (Lipinski definition) is 4. The topological polar surface area (TPSA) is 37.4 Å². The van der Waals surface area contributed by atoms with E-state index in [1.54, 1.807) is 0 Å². The van der Waals surface area contributed by atoms with Gasteiger partial charge in [-0.1, -0.05) is 6.92 Å². The molecule has 1 aromatic heterocycles. The van der Waals surface area contributed by atoms with Crippen molar-refractivity contribution in [3.63, 3.8) is 0 Å². The fourth-order valence-corrected chi connectivity index (χ4v) is 2.31. The number of aryl methyl sites for hydroxylation is 1. The van der Waals surface area contributed by atoms with Gasteiger partial charge in [-0.25, -0.2) is 4.98 Å². The number of pyridine rings is 1. The van der Waals surface area contributed by atoms with E-state index in [9.17, 15) is 0 Å². The Kier molecular flexibility index (Phi) is 4.55. The van der Waals surface area contributed by atoms with Gasteiger partial charge in [-0.3, -0.25) is 0 Å². The molecule has 1 saturated heterocycles. The summed E-state index contributed by atoms with van der Waals surface area (Å²) in [5.74, 6) is 1.08. The molecule has 18 heavy (non-hydrogen) atoms. The molecule has 1 atom stereocenters. The Balaban J connectivity index is 2.18. The van der Waals surface area contributed by atoms with Crippen LogP contribution in [0.25, 0.3) is 0 Å². The molecular formula is C14H23N3O. The van der Waals surface area contributed by atoms with Crippen LogP contribution in [0.2, 0.25) is 0 Å². The first-order chi connectivity index (χ1) is 8.70. The number of aromatic nitrogens is 1. The van der Waals surface area contributed by atoms with Crippen LogP contribution in [0, 0.1) is 6.92 Å². The maximum atomic E-state index is 5.48. The van der Waals surface area contributed by atoms with Gasteiger partial charge in [0.1, 0.15) is 5.82 Å². The lowest BCUT2D eigenvalue weighted by Gasteiger charge is -2.34. The van der Waals surface area contributed by atoms with Crippen LogP contribution >= 0.6 is 0 Å². The number of rotatable bonds is 4. The Morgan fingerprint density at radius 2 is 2.33 bits per heavy atom. The lowest BCUT2D eigenvalue weighted by atomic mass is 10.2. The van der Waals surface area contributed by atoms with E-state index in [1.165, 1.54) is 5.56 Å². The summed E-state index contributed by atoms with van der Waals surface area (Å²) >= 11 is 0.